The Labute approximate surface area is 132 Å². The van der Waals surface area contributed by atoms with E-state index in [1.54, 1.807) is 11.1 Å². The minimum Gasteiger partial charge on any atom is -0.444 e. The highest BCUT2D eigenvalue weighted by molar-refractivity contribution is 5.88. The highest BCUT2D eigenvalue weighted by Gasteiger charge is 2.34. The number of allylic oxidation sites excluding steroid dienone is 2. The van der Waals surface area contributed by atoms with E-state index in [-0.39, 0.29) is 18.2 Å². The monoisotopic (exact) mass is 306 g/mol. The predicted octanol–water partition coefficient (Wildman–Crippen LogP) is 3.51. The van der Waals surface area contributed by atoms with Crippen LogP contribution in [-0.4, -0.2) is 41.2 Å². The van der Waals surface area contributed by atoms with Gasteiger partial charge in [0.2, 0.25) is 0 Å². The fraction of sp³-hybridized carbons (Fsp3) is 0.588. The number of ether oxygens (including phenoxy) is 1. The second kappa shape index (κ2) is 7.38. The van der Waals surface area contributed by atoms with Crippen LogP contribution in [-0.2, 0) is 9.53 Å². The number of hydrogen-bond donors (Lipinski definition) is 0. The summed E-state index contributed by atoms with van der Waals surface area (Å²) in [5.41, 5.74) is 0.923. The molecule has 1 atom stereocenters. The number of piperidine rings is 1. The molecule has 1 aliphatic heterocycles. The highest BCUT2D eigenvalue weighted by atomic mass is 16.6. The van der Waals surface area contributed by atoms with Gasteiger partial charge in [-0.05, 0) is 40.2 Å². The van der Waals surface area contributed by atoms with E-state index >= 15 is 0 Å². The summed E-state index contributed by atoms with van der Waals surface area (Å²) in [5, 5.41) is 0. The number of likely N-dealkylation sites (tertiary alicyclic amines) is 1. The molecule has 1 heterocycles. The van der Waals surface area contributed by atoms with Crippen LogP contribution >= 0.6 is 0 Å². The summed E-state index contributed by atoms with van der Waals surface area (Å²) in [6.07, 6.45) is 3.70. The lowest BCUT2D eigenvalue weighted by Crippen LogP contribution is -2.49. The predicted molar refractivity (Wildman–Crippen MR) is 88.0 cm³/mol. The molecule has 5 nitrogen and oxygen atoms in total. The van der Waals surface area contributed by atoms with E-state index in [1.807, 2.05) is 40.7 Å². The average molecular weight is 306 g/mol. The van der Waals surface area contributed by atoms with Crippen LogP contribution in [0.25, 0.3) is 0 Å². The van der Waals surface area contributed by atoms with Crippen molar-refractivity contribution < 1.29 is 14.3 Å². The molecule has 1 rings (SSSR count). The molecule has 0 aliphatic carbocycles. The van der Waals surface area contributed by atoms with Crippen LogP contribution in [0.1, 0.15) is 47.5 Å². The summed E-state index contributed by atoms with van der Waals surface area (Å²) in [4.78, 5) is 29.9. The standard InChI is InChI=1S/C17H26N2O3/c1-7-13(3)18-11-12(2)15-10-14(20)8-9-19(15)16(21)22-17(4,5)6/h7,11,15H,2,8-10H2,1,3-6H3/b13-7-,18-11?/t15-/m0/s1. The zero-order valence-corrected chi connectivity index (χ0v) is 14.2. The number of nitrogens with zero attached hydrogens (tertiary/aromatic N) is 2. The first-order valence-corrected chi connectivity index (χ1v) is 7.51. The topological polar surface area (TPSA) is 59.0 Å². The minimum atomic E-state index is -0.569. The fourth-order valence-electron chi connectivity index (χ4n) is 2.04. The Morgan fingerprint density at radius 2 is 2.09 bits per heavy atom. The molecule has 0 radical (unpaired) electrons. The zero-order chi connectivity index (χ0) is 16.9. The first-order chi connectivity index (χ1) is 10.1. The van der Waals surface area contributed by atoms with Gasteiger partial charge in [0.25, 0.3) is 0 Å². The van der Waals surface area contributed by atoms with Gasteiger partial charge in [0, 0.05) is 31.3 Å². The van der Waals surface area contributed by atoms with Crippen molar-refractivity contribution in [3.8, 4) is 0 Å². The molecule has 0 N–H and O–H groups in total. The molecule has 5 heteroatoms. The van der Waals surface area contributed by atoms with Crippen molar-refractivity contribution in [2.24, 2.45) is 4.99 Å². The SMILES string of the molecule is C=C(C=N/C(C)=C\C)[C@@H]1CC(=O)CCN1C(=O)OC(C)(C)C. The average Bonchev–Trinajstić information content (AvgIpc) is 2.42. The Kier molecular flexibility index (Phi) is 6.09. The summed E-state index contributed by atoms with van der Waals surface area (Å²) < 4.78 is 5.42. The number of hydrogen-bond acceptors (Lipinski definition) is 4. The van der Waals surface area contributed by atoms with Gasteiger partial charge in [-0.1, -0.05) is 12.7 Å². The van der Waals surface area contributed by atoms with Gasteiger partial charge in [0.05, 0.1) is 6.04 Å². The van der Waals surface area contributed by atoms with Gasteiger partial charge in [-0.15, -0.1) is 0 Å². The van der Waals surface area contributed by atoms with E-state index in [0.717, 1.165) is 5.70 Å². The van der Waals surface area contributed by atoms with Crippen LogP contribution in [0.15, 0.2) is 28.9 Å². The van der Waals surface area contributed by atoms with Crippen LogP contribution in [0.2, 0.25) is 0 Å². The van der Waals surface area contributed by atoms with Crippen LogP contribution < -0.4 is 0 Å². The van der Waals surface area contributed by atoms with E-state index in [1.165, 1.54) is 0 Å². The molecule has 0 spiro atoms. The van der Waals surface area contributed by atoms with Crippen molar-refractivity contribution in [1.82, 2.24) is 4.90 Å². The Morgan fingerprint density at radius 1 is 1.45 bits per heavy atom. The van der Waals surface area contributed by atoms with Crippen molar-refractivity contribution >= 4 is 18.1 Å². The molecule has 122 valence electrons. The first-order valence-electron chi connectivity index (χ1n) is 7.51. The molecule has 0 aromatic carbocycles. The Bertz CT molecular complexity index is 512. The fourth-order valence-corrected chi connectivity index (χ4v) is 2.04. The van der Waals surface area contributed by atoms with Crippen LogP contribution in [0, 0.1) is 0 Å². The third-order valence-electron chi connectivity index (χ3n) is 3.34. The number of carbonyl (C=O) groups is 2. The molecule has 1 aliphatic rings. The lowest BCUT2D eigenvalue weighted by atomic mass is 9.96. The van der Waals surface area contributed by atoms with E-state index in [2.05, 4.69) is 11.6 Å². The summed E-state index contributed by atoms with van der Waals surface area (Å²) in [5.74, 6) is 0.127. The number of aliphatic imine (C=N–C) groups is 1. The van der Waals surface area contributed by atoms with E-state index in [0.29, 0.717) is 18.5 Å². The Balaban J connectivity index is 2.90. The Hall–Kier alpha value is -1.91. The molecule has 0 saturated carbocycles. The smallest absolute Gasteiger partial charge is 0.410 e. The molecule has 1 fully saturated rings. The molecule has 0 unspecified atom stereocenters. The summed E-state index contributed by atoms with van der Waals surface area (Å²) in [7, 11) is 0. The molecule has 1 saturated heterocycles. The van der Waals surface area contributed by atoms with Crippen molar-refractivity contribution in [3.05, 3.63) is 23.9 Å². The van der Waals surface area contributed by atoms with Gasteiger partial charge in [0.15, 0.2) is 0 Å². The Morgan fingerprint density at radius 3 is 2.64 bits per heavy atom. The van der Waals surface area contributed by atoms with E-state index in [9.17, 15) is 9.59 Å². The van der Waals surface area contributed by atoms with Crippen LogP contribution in [0.4, 0.5) is 4.79 Å². The van der Waals surface area contributed by atoms with Crippen LogP contribution in [0.3, 0.4) is 0 Å². The van der Waals surface area contributed by atoms with E-state index in [4.69, 9.17) is 4.74 Å². The van der Waals surface area contributed by atoms with Gasteiger partial charge in [-0.2, -0.15) is 0 Å². The molecule has 0 aromatic rings. The molecular formula is C17H26N2O3. The molecular weight excluding hydrogens is 280 g/mol. The number of rotatable bonds is 3. The zero-order valence-electron chi connectivity index (χ0n) is 14.2. The maximum Gasteiger partial charge on any atom is 0.410 e. The minimum absolute atomic E-state index is 0.127. The first kappa shape index (κ1) is 18.1. The molecule has 1 amide bonds. The normalized spacial score (nSPS) is 20.4. The van der Waals surface area contributed by atoms with Gasteiger partial charge in [-0.3, -0.25) is 9.79 Å². The number of ketones is 1. The maximum absolute atomic E-state index is 12.3. The number of Topliss-reactive ketones (excluding diaryl/α,β-unsaturated/α-hetero) is 1. The molecule has 0 bridgehead atoms. The third-order valence-corrected chi connectivity index (χ3v) is 3.34. The highest BCUT2D eigenvalue weighted by Crippen LogP contribution is 2.22. The van der Waals surface area contributed by atoms with E-state index < -0.39 is 11.7 Å². The summed E-state index contributed by atoms with van der Waals surface area (Å²) in [6.45, 7) is 13.6. The summed E-state index contributed by atoms with van der Waals surface area (Å²) >= 11 is 0. The number of amides is 1. The maximum atomic E-state index is 12.3. The number of carbonyl (C=O) groups excluding carboxylic acids is 2. The van der Waals surface area contributed by atoms with Crippen LogP contribution in [0.5, 0.6) is 0 Å². The second-order valence-corrected chi connectivity index (χ2v) is 6.45. The van der Waals surface area contributed by atoms with Crippen molar-refractivity contribution in [2.75, 3.05) is 6.54 Å². The van der Waals surface area contributed by atoms with Gasteiger partial charge in [0.1, 0.15) is 11.4 Å². The van der Waals surface area contributed by atoms with Gasteiger partial charge in [-0.25, -0.2) is 4.79 Å². The second-order valence-electron chi connectivity index (χ2n) is 6.45. The quantitative estimate of drug-likeness (QED) is 0.750. The lowest BCUT2D eigenvalue weighted by Gasteiger charge is -2.36. The van der Waals surface area contributed by atoms with Crippen molar-refractivity contribution in [1.29, 1.82) is 0 Å². The molecule has 0 aromatic heterocycles. The lowest BCUT2D eigenvalue weighted by molar-refractivity contribution is -0.122. The largest absolute Gasteiger partial charge is 0.444 e. The molecule has 22 heavy (non-hydrogen) atoms. The van der Waals surface area contributed by atoms with Crippen molar-refractivity contribution in [2.45, 2.75) is 59.1 Å². The van der Waals surface area contributed by atoms with Gasteiger partial charge >= 0.3 is 6.09 Å². The van der Waals surface area contributed by atoms with Gasteiger partial charge < -0.3 is 9.64 Å². The summed E-state index contributed by atoms with van der Waals surface area (Å²) in [6, 6.07) is -0.385. The third kappa shape index (κ3) is 5.47. The van der Waals surface area contributed by atoms with Crippen molar-refractivity contribution in [3.63, 3.8) is 0 Å².